The normalized spacial score (nSPS) is 10.7. The Morgan fingerprint density at radius 2 is 2.06 bits per heavy atom. The zero-order valence-corrected chi connectivity index (χ0v) is 10.5. The number of hydrogen-bond acceptors (Lipinski definition) is 5. The summed E-state index contributed by atoms with van der Waals surface area (Å²) >= 11 is 0. The average molecular weight is 246 g/mol. The van der Waals surface area contributed by atoms with E-state index in [-0.39, 0.29) is 11.5 Å². The molecule has 0 aliphatic carbocycles. The fraction of sp³-hybridized carbons (Fsp3) is 0.333. The van der Waals surface area contributed by atoms with Crippen LogP contribution in [0.1, 0.15) is 25.5 Å². The first kappa shape index (κ1) is 12.2. The lowest BCUT2D eigenvalue weighted by Gasteiger charge is -2.06. The molecule has 6 nitrogen and oxygen atoms in total. The summed E-state index contributed by atoms with van der Waals surface area (Å²) < 4.78 is 4.92. The molecule has 0 saturated carbocycles. The summed E-state index contributed by atoms with van der Waals surface area (Å²) in [6.07, 6.45) is 0. The highest BCUT2D eigenvalue weighted by atomic mass is 16.5. The first-order valence-electron chi connectivity index (χ1n) is 5.59. The Hall–Kier alpha value is -2.24. The fourth-order valence-electron chi connectivity index (χ4n) is 1.45. The Bertz CT molecular complexity index is 590. The molecule has 0 aromatic carbocycles. The van der Waals surface area contributed by atoms with Crippen LogP contribution in [0.4, 0.5) is 0 Å². The molecule has 0 radical (unpaired) electrons. The molecule has 0 saturated heterocycles. The summed E-state index contributed by atoms with van der Waals surface area (Å²) in [4.78, 5) is 18.5. The monoisotopic (exact) mass is 246 g/mol. The molecule has 0 spiro atoms. The maximum atomic E-state index is 11.5. The van der Waals surface area contributed by atoms with E-state index in [1.807, 2.05) is 13.8 Å². The molecular formula is C12H14N4O2. The SMILES string of the molecule is COc1ccc(-c2nc(C(C)C)cc(=O)[nH]2)nn1. The van der Waals surface area contributed by atoms with Crippen molar-refractivity contribution in [3.8, 4) is 17.4 Å². The highest BCUT2D eigenvalue weighted by Gasteiger charge is 2.08. The molecule has 6 heteroatoms. The molecule has 2 aromatic rings. The number of aromatic nitrogens is 4. The molecule has 2 heterocycles. The molecule has 2 aromatic heterocycles. The van der Waals surface area contributed by atoms with Gasteiger partial charge in [0.25, 0.3) is 5.56 Å². The van der Waals surface area contributed by atoms with Crippen LogP contribution in [0, 0.1) is 0 Å². The van der Waals surface area contributed by atoms with Crippen molar-refractivity contribution in [2.75, 3.05) is 7.11 Å². The van der Waals surface area contributed by atoms with Crippen molar-refractivity contribution < 1.29 is 4.74 Å². The van der Waals surface area contributed by atoms with E-state index in [0.717, 1.165) is 5.69 Å². The van der Waals surface area contributed by atoms with Gasteiger partial charge in [-0.2, -0.15) is 0 Å². The number of ether oxygens (including phenoxy) is 1. The van der Waals surface area contributed by atoms with Gasteiger partial charge in [0, 0.05) is 12.1 Å². The van der Waals surface area contributed by atoms with Gasteiger partial charge in [-0.15, -0.1) is 10.2 Å². The van der Waals surface area contributed by atoms with Gasteiger partial charge in [0.2, 0.25) is 5.88 Å². The standard InChI is InChI=1S/C12H14N4O2/c1-7(2)9-6-10(17)14-12(13-9)8-4-5-11(18-3)16-15-8/h4-7H,1-3H3,(H,13,14,17). The summed E-state index contributed by atoms with van der Waals surface area (Å²) in [5.74, 6) is 1.01. The molecule has 0 fully saturated rings. The zero-order valence-electron chi connectivity index (χ0n) is 10.5. The lowest BCUT2D eigenvalue weighted by molar-refractivity contribution is 0.392. The minimum Gasteiger partial charge on any atom is -0.480 e. The van der Waals surface area contributed by atoms with Crippen LogP contribution in [-0.4, -0.2) is 27.3 Å². The van der Waals surface area contributed by atoms with Crippen LogP contribution in [0.2, 0.25) is 0 Å². The van der Waals surface area contributed by atoms with Crippen molar-refractivity contribution in [2.24, 2.45) is 0 Å². The average Bonchev–Trinajstić information content (AvgIpc) is 2.38. The topological polar surface area (TPSA) is 80.8 Å². The maximum Gasteiger partial charge on any atom is 0.251 e. The Balaban J connectivity index is 2.46. The molecule has 0 amide bonds. The zero-order chi connectivity index (χ0) is 13.1. The molecule has 18 heavy (non-hydrogen) atoms. The molecular weight excluding hydrogens is 232 g/mol. The van der Waals surface area contributed by atoms with Gasteiger partial charge < -0.3 is 9.72 Å². The van der Waals surface area contributed by atoms with Crippen molar-refractivity contribution in [3.63, 3.8) is 0 Å². The highest BCUT2D eigenvalue weighted by molar-refractivity contribution is 5.48. The minimum absolute atomic E-state index is 0.178. The van der Waals surface area contributed by atoms with Gasteiger partial charge in [-0.1, -0.05) is 13.8 Å². The van der Waals surface area contributed by atoms with Gasteiger partial charge in [-0.3, -0.25) is 4.79 Å². The van der Waals surface area contributed by atoms with E-state index in [1.165, 1.54) is 13.2 Å². The molecule has 0 aliphatic heterocycles. The van der Waals surface area contributed by atoms with Crippen LogP contribution in [0.5, 0.6) is 5.88 Å². The summed E-state index contributed by atoms with van der Waals surface area (Å²) in [5.41, 5.74) is 1.04. The smallest absolute Gasteiger partial charge is 0.251 e. The number of H-pyrrole nitrogens is 1. The number of nitrogens with zero attached hydrogens (tertiary/aromatic N) is 3. The predicted octanol–water partition coefficient (Wildman–Crippen LogP) is 1.36. The van der Waals surface area contributed by atoms with Gasteiger partial charge in [0.1, 0.15) is 5.69 Å². The molecule has 94 valence electrons. The summed E-state index contributed by atoms with van der Waals surface area (Å²) in [6, 6.07) is 4.86. The van der Waals surface area contributed by atoms with Crippen molar-refractivity contribution in [1.29, 1.82) is 0 Å². The van der Waals surface area contributed by atoms with E-state index in [2.05, 4.69) is 20.2 Å². The van der Waals surface area contributed by atoms with E-state index in [1.54, 1.807) is 12.1 Å². The Labute approximate surface area is 104 Å². The van der Waals surface area contributed by atoms with Gasteiger partial charge in [0.15, 0.2) is 5.82 Å². The van der Waals surface area contributed by atoms with E-state index in [4.69, 9.17) is 4.74 Å². The molecule has 0 unspecified atom stereocenters. The second kappa shape index (κ2) is 4.95. The van der Waals surface area contributed by atoms with E-state index in [0.29, 0.717) is 17.4 Å². The van der Waals surface area contributed by atoms with Gasteiger partial charge in [-0.05, 0) is 12.0 Å². The van der Waals surface area contributed by atoms with Crippen molar-refractivity contribution in [2.45, 2.75) is 19.8 Å². The lowest BCUT2D eigenvalue weighted by atomic mass is 10.1. The first-order chi connectivity index (χ1) is 8.60. The third-order valence-corrected chi connectivity index (χ3v) is 2.44. The summed E-state index contributed by atoms with van der Waals surface area (Å²) in [5, 5.41) is 7.80. The van der Waals surface area contributed by atoms with Crippen LogP contribution >= 0.6 is 0 Å². The predicted molar refractivity (Wildman–Crippen MR) is 66.5 cm³/mol. The Morgan fingerprint density at radius 1 is 1.28 bits per heavy atom. The Kier molecular flexibility index (Phi) is 3.36. The largest absolute Gasteiger partial charge is 0.480 e. The number of rotatable bonds is 3. The number of nitrogens with one attached hydrogen (secondary N) is 1. The van der Waals surface area contributed by atoms with Gasteiger partial charge in [0.05, 0.1) is 12.8 Å². The summed E-state index contributed by atoms with van der Waals surface area (Å²) in [7, 11) is 1.52. The minimum atomic E-state index is -0.193. The van der Waals surface area contributed by atoms with Crippen molar-refractivity contribution >= 4 is 0 Å². The van der Waals surface area contributed by atoms with E-state index in [9.17, 15) is 4.79 Å². The van der Waals surface area contributed by atoms with Crippen molar-refractivity contribution in [1.82, 2.24) is 20.2 Å². The highest BCUT2D eigenvalue weighted by Crippen LogP contribution is 2.15. The quantitative estimate of drug-likeness (QED) is 0.884. The third kappa shape index (κ3) is 2.53. The van der Waals surface area contributed by atoms with Gasteiger partial charge in [-0.25, -0.2) is 4.98 Å². The lowest BCUT2D eigenvalue weighted by Crippen LogP contribution is -2.12. The second-order valence-electron chi connectivity index (χ2n) is 4.13. The Morgan fingerprint density at radius 3 is 2.61 bits per heavy atom. The number of aromatic amines is 1. The van der Waals surface area contributed by atoms with Crippen LogP contribution in [-0.2, 0) is 0 Å². The third-order valence-electron chi connectivity index (χ3n) is 2.44. The molecule has 0 bridgehead atoms. The summed E-state index contributed by atoms with van der Waals surface area (Å²) in [6.45, 7) is 3.95. The molecule has 1 N–H and O–H groups in total. The number of hydrogen-bond donors (Lipinski definition) is 1. The fourth-order valence-corrected chi connectivity index (χ4v) is 1.45. The molecule has 2 rings (SSSR count). The second-order valence-corrected chi connectivity index (χ2v) is 4.13. The van der Waals surface area contributed by atoms with Crippen LogP contribution < -0.4 is 10.3 Å². The van der Waals surface area contributed by atoms with E-state index >= 15 is 0 Å². The van der Waals surface area contributed by atoms with E-state index < -0.39 is 0 Å². The maximum absolute atomic E-state index is 11.5. The first-order valence-corrected chi connectivity index (χ1v) is 5.59. The van der Waals surface area contributed by atoms with Crippen LogP contribution in [0.15, 0.2) is 23.0 Å². The van der Waals surface area contributed by atoms with Crippen LogP contribution in [0.3, 0.4) is 0 Å². The molecule has 0 aliphatic rings. The molecule has 0 atom stereocenters. The van der Waals surface area contributed by atoms with Gasteiger partial charge >= 0.3 is 0 Å². The van der Waals surface area contributed by atoms with Crippen LogP contribution in [0.25, 0.3) is 11.5 Å². The van der Waals surface area contributed by atoms with Crippen molar-refractivity contribution in [3.05, 3.63) is 34.2 Å². The number of methoxy groups -OCH3 is 1.